The first-order valence-electron chi connectivity index (χ1n) is 7.99. The van der Waals surface area contributed by atoms with E-state index in [0.717, 1.165) is 9.15 Å². The van der Waals surface area contributed by atoms with Gasteiger partial charge in [-0.15, -0.1) is 5.10 Å². The van der Waals surface area contributed by atoms with Gasteiger partial charge in [0.1, 0.15) is 11.0 Å². The lowest BCUT2D eigenvalue weighted by atomic mass is 10.2. The highest BCUT2D eigenvalue weighted by atomic mass is 32.2. The second-order valence-electron chi connectivity index (χ2n) is 6.34. The smallest absolute Gasteiger partial charge is 0.261 e. The standard InChI is InChI=1S/C14H19N5O6S2/c1-18(2)27(23,24)11-3-4-12-13(7-11)19(17-16-12)25-8-14(20)15-10-5-6-26(21,22)9-10/h3-4,7,10H,5-6,8-9H2,1-2H3,(H,15,20)/t10-/m1/s1. The summed E-state index contributed by atoms with van der Waals surface area (Å²) >= 11 is 0. The molecule has 1 aromatic carbocycles. The molecule has 0 unspecified atom stereocenters. The lowest BCUT2D eigenvalue weighted by Crippen LogP contribution is -2.39. The molecule has 2 aromatic rings. The number of carbonyl (C=O) groups excluding carboxylic acids is 1. The normalized spacial score (nSPS) is 19.4. The minimum atomic E-state index is -3.65. The van der Waals surface area contributed by atoms with Crippen molar-refractivity contribution in [1.29, 1.82) is 0 Å². The van der Waals surface area contributed by atoms with E-state index in [2.05, 4.69) is 15.6 Å². The number of sulfonamides is 1. The van der Waals surface area contributed by atoms with E-state index in [0.29, 0.717) is 11.9 Å². The number of hydrogen-bond donors (Lipinski definition) is 1. The molecule has 3 rings (SSSR count). The molecule has 2 heterocycles. The Morgan fingerprint density at radius 2 is 2.15 bits per heavy atom. The summed E-state index contributed by atoms with van der Waals surface area (Å²) in [5.41, 5.74) is 0.684. The molecule has 0 aliphatic carbocycles. The minimum Gasteiger partial charge on any atom is -0.385 e. The first-order chi connectivity index (χ1) is 12.6. The van der Waals surface area contributed by atoms with Crippen molar-refractivity contribution in [3.63, 3.8) is 0 Å². The van der Waals surface area contributed by atoms with E-state index >= 15 is 0 Å². The highest BCUT2D eigenvalue weighted by molar-refractivity contribution is 7.91. The topological polar surface area (TPSA) is 141 Å². The van der Waals surface area contributed by atoms with Gasteiger partial charge in [-0.2, -0.15) is 0 Å². The predicted molar refractivity (Wildman–Crippen MR) is 95.0 cm³/mol. The maximum Gasteiger partial charge on any atom is 0.261 e. The molecular weight excluding hydrogens is 398 g/mol. The molecule has 0 radical (unpaired) electrons. The van der Waals surface area contributed by atoms with Crippen LogP contribution < -0.4 is 10.2 Å². The molecule has 11 nitrogen and oxygen atoms in total. The fraction of sp³-hybridized carbons (Fsp3) is 0.500. The fourth-order valence-electron chi connectivity index (χ4n) is 2.64. The van der Waals surface area contributed by atoms with Gasteiger partial charge in [-0.3, -0.25) is 4.79 Å². The highest BCUT2D eigenvalue weighted by Gasteiger charge is 2.29. The molecule has 0 spiro atoms. The van der Waals surface area contributed by atoms with E-state index in [4.69, 9.17) is 4.84 Å². The summed E-state index contributed by atoms with van der Waals surface area (Å²) in [6.45, 7) is -0.417. The Labute approximate surface area is 156 Å². The highest BCUT2D eigenvalue weighted by Crippen LogP contribution is 2.19. The summed E-state index contributed by atoms with van der Waals surface area (Å²) in [4.78, 5) is 18.2. The number of benzene rings is 1. The molecule has 1 N–H and O–H groups in total. The molecule has 148 valence electrons. The van der Waals surface area contributed by atoms with Gasteiger partial charge in [0.25, 0.3) is 5.91 Å². The molecule has 1 aliphatic heterocycles. The van der Waals surface area contributed by atoms with Crippen LogP contribution in [0.3, 0.4) is 0 Å². The van der Waals surface area contributed by atoms with Crippen LogP contribution in [0.25, 0.3) is 11.0 Å². The molecule has 27 heavy (non-hydrogen) atoms. The zero-order valence-electron chi connectivity index (χ0n) is 14.7. The van der Waals surface area contributed by atoms with Crippen LogP contribution in [0.5, 0.6) is 0 Å². The van der Waals surface area contributed by atoms with Gasteiger partial charge in [0.05, 0.1) is 16.4 Å². The van der Waals surface area contributed by atoms with Crippen molar-refractivity contribution in [2.45, 2.75) is 17.4 Å². The van der Waals surface area contributed by atoms with Gasteiger partial charge < -0.3 is 10.2 Å². The Balaban J connectivity index is 1.71. The molecule has 1 aliphatic rings. The average molecular weight is 417 g/mol. The summed E-state index contributed by atoms with van der Waals surface area (Å²) in [6, 6.07) is 3.81. The van der Waals surface area contributed by atoms with Crippen molar-refractivity contribution < 1.29 is 26.5 Å². The molecular formula is C14H19N5O6S2. The summed E-state index contributed by atoms with van der Waals surface area (Å²) in [5, 5.41) is 10.2. The van der Waals surface area contributed by atoms with Crippen LogP contribution in [0.2, 0.25) is 0 Å². The van der Waals surface area contributed by atoms with Gasteiger partial charge in [0.15, 0.2) is 16.4 Å². The Bertz CT molecular complexity index is 1080. The Morgan fingerprint density at radius 1 is 1.41 bits per heavy atom. The van der Waals surface area contributed by atoms with Crippen molar-refractivity contribution in [2.75, 3.05) is 32.2 Å². The van der Waals surface area contributed by atoms with Gasteiger partial charge in [-0.05, 0) is 29.8 Å². The third-order valence-corrected chi connectivity index (χ3v) is 7.66. The molecule has 0 bridgehead atoms. The Kier molecular flexibility index (Phi) is 5.10. The molecule has 1 amide bonds. The zero-order valence-corrected chi connectivity index (χ0v) is 16.3. The van der Waals surface area contributed by atoms with E-state index in [1.807, 2.05) is 0 Å². The summed E-state index contributed by atoms with van der Waals surface area (Å²) in [5.74, 6) is -0.537. The van der Waals surface area contributed by atoms with E-state index in [9.17, 15) is 21.6 Å². The number of nitrogens with zero attached hydrogens (tertiary/aromatic N) is 4. The van der Waals surface area contributed by atoms with Crippen LogP contribution in [-0.4, -0.2) is 80.5 Å². The second kappa shape index (κ2) is 7.05. The molecule has 1 aromatic heterocycles. The molecule has 1 atom stereocenters. The van der Waals surface area contributed by atoms with E-state index < -0.39 is 38.4 Å². The van der Waals surface area contributed by atoms with Crippen molar-refractivity contribution in [1.82, 2.24) is 24.8 Å². The van der Waals surface area contributed by atoms with Gasteiger partial charge in [-0.25, -0.2) is 21.1 Å². The second-order valence-corrected chi connectivity index (χ2v) is 10.7. The SMILES string of the molecule is CN(C)S(=O)(=O)c1ccc2nnn(OCC(=O)N[C@@H]3CCS(=O)(=O)C3)c2c1. The Morgan fingerprint density at radius 3 is 2.78 bits per heavy atom. The monoisotopic (exact) mass is 417 g/mol. The predicted octanol–water partition coefficient (Wildman–Crippen LogP) is -1.59. The number of nitrogens with one attached hydrogen (secondary N) is 1. The Hall–Kier alpha value is -2.25. The van der Waals surface area contributed by atoms with Crippen molar-refractivity contribution >= 4 is 36.8 Å². The molecule has 1 saturated heterocycles. The number of aromatic nitrogens is 3. The fourth-order valence-corrected chi connectivity index (χ4v) is 5.24. The van der Waals surface area contributed by atoms with Crippen LogP contribution in [0.15, 0.2) is 23.1 Å². The van der Waals surface area contributed by atoms with Crippen LogP contribution in [0, 0.1) is 0 Å². The molecule has 13 heteroatoms. The third kappa shape index (κ3) is 4.20. The van der Waals surface area contributed by atoms with E-state index in [1.165, 1.54) is 32.3 Å². The molecule has 0 saturated carbocycles. The van der Waals surface area contributed by atoms with Crippen molar-refractivity contribution in [3.05, 3.63) is 18.2 Å². The third-order valence-electron chi connectivity index (χ3n) is 4.08. The van der Waals surface area contributed by atoms with Crippen LogP contribution in [0.4, 0.5) is 0 Å². The number of carbonyl (C=O) groups is 1. The minimum absolute atomic E-state index is 0.0350. The maximum absolute atomic E-state index is 12.2. The van der Waals surface area contributed by atoms with Crippen LogP contribution in [0.1, 0.15) is 6.42 Å². The van der Waals surface area contributed by atoms with Crippen molar-refractivity contribution in [3.8, 4) is 0 Å². The van der Waals surface area contributed by atoms with Gasteiger partial charge in [0.2, 0.25) is 10.0 Å². The van der Waals surface area contributed by atoms with Crippen LogP contribution in [-0.2, 0) is 24.7 Å². The van der Waals surface area contributed by atoms with Crippen molar-refractivity contribution in [2.24, 2.45) is 0 Å². The van der Waals surface area contributed by atoms with Gasteiger partial charge in [0, 0.05) is 20.1 Å². The maximum atomic E-state index is 12.2. The number of sulfone groups is 1. The largest absolute Gasteiger partial charge is 0.385 e. The summed E-state index contributed by atoms with van der Waals surface area (Å²) in [7, 11) is -3.91. The van der Waals surface area contributed by atoms with Crippen LogP contribution >= 0.6 is 0 Å². The lowest BCUT2D eigenvalue weighted by Gasteiger charge is -2.12. The zero-order chi connectivity index (χ0) is 19.8. The average Bonchev–Trinajstić information content (AvgIpc) is 3.14. The van der Waals surface area contributed by atoms with E-state index in [-0.39, 0.29) is 21.9 Å². The first-order valence-corrected chi connectivity index (χ1v) is 11.3. The van der Waals surface area contributed by atoms with E-state index in [1.54, 1.807) is 0 Å². The number of fused-ring (bicyclic) bond motifs is 1. The number of rotatable bonds is 6. The van der Waals surface area contributed by atoms with Gasteiger partial charge in [-0.1, -0.05) is 4.85 Å². The lowest BCUT2D eigenvalue weighted by molar-refractivity contribution is -0.126. The summed E-state index contributed by atoms with van der Waals surface area (Å²) < 4.78 is 48.4. The molecule has 1 fully saturated rings. The number of amides is 1. The van der Waals surface area contributed by atoms with Gasteiger partial charge >= 0.3 is 0 Å². The first kappa shape index (κ1) is 19.5. The quantitative estimate of drug-likeness (QED) is 0.593. The number of hydrogen-bond acceptors (Lipinski definition) is 8. The summed E-state index contributed by atoms with van der Waals surface area (Å²) in [6.07, 6.45) is 0.367.